The summed E-state index contributed by atoms with van der Waals surface area (Å²) >= 11 is 0. The van der Waals surface area contributed by atoms with Crippen molar-refractivity contribution in [2.45, 2.75) is 45.8 Å². The Labute approximate surface area is 142 Å². The molecule has 24 heavy (non-hydrogen) atoms. The number of carboxylic acid groups (broad SMARTS) is 1. The van der Waals surface area contributed by atoms with Gasteiger partial charge in [0.2, 0.25) is 0 Å². The number of hydrogen-bond acceptors (Lipinski definition) is 4. The molecule has 1 saturated heterocycles. The Bertz CT molecular complexity index is 613. The largest absolute Gasteiger partial charge is 0.481 e. The van der Waals surface area contributed by atoms with Gasteiger partial charge in [-0.1, -0.05) is 26.0 Å². The first kappa shape index (κ1) is 18.3. The second-order valence-electron chi connectivity index (χ2n) is 6.40. The van der Waals surface area contributed by atoms with Gasteiger partial charge >= 0.3 is 5.97 Å². The summed E-state index contributed by atoms with van der Waals surface area (Å²) in [5.74, 6) is -0.384. The number of aryl methyl sites for hydroxylation is 1. The maximum atomic E-state index is 12.6. The Morgan fingerprint density at radius 1 is 1.33 bits per heavy atom. The standard InChI is InChI=1S/C18H25NO5/c1-11(2)14-6-5-12(3)16(9-14)24-13(4)17(20)19-7-8-23-10-15(19)18(21)22/h5-6,9,11,13,15H,7-8,10H2,1-4H3,(H,21,22). The van der Waals surface area contributed by atoms with Crippen LogP contribution in [0.25, 0.3) is 0 Å². The number of carboxylic acids is 1. The van der Waals surface area contributed by atoms with Crippen molar-refractivity contribution in [3.05, 3.63) is 29.3 Å². The Balaban J connectivity index is 2.13. The number of carbonyl (C=O) groups is 2. The van der Waals surface area contributed by atoms with Crippen LogP contribution in [0.1, 0.15) is 37.8 Å². The molecule has 1 heterocycles. The second kappa shape index (κ2) is 7.66. The lowest BCUT2D eigenvalue weighted by Crippen LogP contribution is -2.55. The van der Waals surface area contributed by atoms with Gasteiger partial charge in [-0.05, 0) is 37.0 Å². The molecule has 1 fully saturated rings. The van der Waals surface area contributed by atoms with Gasteiger partial charge in [0.25, 0.3) is 5.91 Å². The van der Waals surface area contributed by atoms with Gasteiger partial charge in [-0.3, -0.25) is 4.79 Å². The summed E-state index contributed by atoms with van der Waals surface area (Å²) in [5.41, 5.74) is 2.07. The SMILES string of the molecule is Cc1ccc(C(C)C)cc1OC(C)C(=O)N1CCOCC1C(=O)O. The summed E-state index contributed by atoms with van der Waals surface area (Å²) in [6.07, 6.45) is -0.758. The van der Waals surface area contributed by atoms with Gasteiger partial charge in [0, 0.05) is 6.54 Å². The number of aliphatic carboxylic acids is 1. The molecule has 6 heteroatoms. The van der Waals surface area contributed by atoms with Crippen molar-refractivity contribution in [3.63, 3.8) is 0 Å². The van der Waals surface area contributed by atoms with Crippen LogP contribution in [0, 0.1) is 6.92 Å². The second-order valence-corrected chi connectivity index (χ2v) is 6.40. The van der Waals surface area contributed by atoms with E-state index in [4.69, 9.17) is 9.47 Å². The smallest absolute Gasteiger partial charge is 0.328 e. The summed E-state index contributed by atoms with van der Waals surface area (Å²) in [4.78, 5) is 25.3. The fourth-order valence-electron chi connectivity index (χ4n) is 2.65. The van der Waals surface area contributed by atoms with Crippen molar-refractivity contribution in [1.29, 1.82) is 0 Å². The average Bonchev–Trinajstić information content (AvgIpc) is 2.55. The average molecular weight is 335 g/mol. The number of nitrogens with zero attached hydrogens (tertiary/aromatic N) is 1. The van der Waals surface area contributed by atoms with E-state index in [1.807, 2.05) is 25.1 Å². The van der Waals surface area contributed by atoms with Crippen LogP contribution >= 0.6 is 0 Å². The number of ether oxygens (including phenoxy) is 2. The van der Waals surface area contributed by atoms with Crippen molar-refractivity contribution in [2.75, 3.05) is 19.8 Å². The molecule has 1 N–H and O–H groups in total. The number of benzene rings is 1. The van der Waals surface area contributed by atoms with Crippen LogP contribution < -0.4 is 4.74 Å². The van der Waals surface area contributed by atoms with Gasteiger partial charge in [-0.2, -0.15) is 0 Å². The topological polar surface area (TPSA) is 76.1 Å². The fraction of sp³-hybridized carbons (Fsp3) is 0.556. The van der Waals surface area contributed by atoms with Crippen molar-refractivity contribution in [3.8, 4) is 5.75 Å². The van der Waals surface area contributed by atoms with Crippen LogP contribution in [0.4, 0.5) is 0 Å². The predicted molar refractivity (Wildman–Crippen MR) is 89.3 cm³/mol. The molecule has 2 unspecified atom stereocenters. The van der Waals surface area contributed by atoms with E-state index in [1.165, 1.54) is 4.90 Å². The van der Waals surface area contributed by atoms with Crippen molar-refractivity contribution < 1.29 is 24.2 Å². The first-order chi connectivity index (χ1) is 11.3. The zero-order valence-corrected chi connectivity index (χ0v) is 14.6. The number of amides is 1. The molecule has 1 aromatic rings. The van der Waals surface area contributed by atoms with Gasteiger partial charge in [0.1, 0.15) is 5.75 Å². The third-order valence-corrected chi connectivity index (χ3v) is 4.23. The third kappa shape index (κ3) is 4.06. The third-order valence-electron chi connectivity index (χ3n) is 4.23. The highest BCUT2D eigenvalue weighted by molar-refractivity contribution is 5.86. The van der Waals surface area contributed by atoms with Crippen LogP contribution in [0.3, 0.4) is 0 Å². The van der Waals surface area contributed by atoms with Gasteiger partial charge in [-0.15, -0.1) is 0 Å². The van der Waals surface area contributed by atoms with Gasteiger partial charge in [-0.25, -0.2) is 4.79 Å². The van der Waals surface area contributed by atoms with Crippen molar-refractivity contribution in [2.24, 2.45) is 0 Å². The Morgan fingerprint density at radius 2 is 2.04 bits per heavy atom. The van der Waals surface area contributed by atoms with Gasteiger partial charge < -0.3 is 19.5 Å². The van der Waals surface area contributed by atoms with E-state index in [-0.39, 0.29) is 19.1 Å². The summed E-state index contributed by atoms with van der Waals surface area (Å²) in [7, 11) is 0. The summed E-state index contributed by atoms with van der Waals surface area (Å²) in [6, 6.07) is 5.00. The molecular formula is C18H25NO5. The van der Waals surface area contributed by atoms with E-state index < -0.39 is 18.1 Å². The highest BCUT2D eigenvalue weighted by Gasteiger charge is 2.35. The molecular weight excluding hydrogens is 310 g/mol. The number of morpholine rings is 1. The Kier molecular flexibility index (Phi) is 5.83. The van der Waals surface area contributed by atoms with E-state index in [0.29, 0.717) is 18.3 Å². The Hall–Kier alpha value is -2.08. The van der Waals surface area contributed by atoms with Gasteiger partial charge in [0.15, 0.2) is 12.1 Å². The summed E-state index contributed by atoms with van der Waals surface area (Å²) < 4.78 is 11.0. The molecule has 2 rings (SSSR count). The van der Waals surface area contributed by atoms with Gasteiger partial charge in [0.05, 0.1) is 13.2 Å². The van der Waals surface area contributed by atoms with E-state index in [2.05, 4.69) is 13.8 Å². The van der Waals surface area contributed by atoms with Crippen molar-refractivity contribution in [1.82, 2.24) is 4.90 Å². The first-order valence-corrected chi connectivity index (χ1v) is 8.19. The summed E-state index contributed by atoms with van der Waals surface area (Å²) in [6.45, 7) is 8.36. The Morgan fingerprint density at radius 3 is 2.67 bits per heavy atom. The molecule has 0 bridgehead atoms. The minimum atomic E-state index is -1.06. The highest BCUT2D eigenvalue weighted by Crippen LogP contribution is 2.25. The molecule has 1 aromatic carbocycles. The number of carbonyl (C=O) groups excluding carboxylic acids is 1. The highest BCUT2D eigenvalue weighted by atomic mass is 16.5. The monoisotopic (exact) mass is 335 g/mol. The molecule has 0 aromatic heterocycles. The minimum absolute atomic E-state index is 0.00958. The molecule has 0 saturated carbocycles. The van der Waals surface area contributed by atoms with Crippen LogP contribution in [-0.4, -0.2) is 53.8 Å². The molecule has 1 aliphatic rings. The maximum absolute atomic E-state index is 12.6. The van der Waals surface area contributed by atoms with Crippen LogP contribution in [-0.2, 0) is 14.3 Å². The zero-order chi connectivity index (χ0) is 17.9. The minimum Gasteiger partial charge on any atom is -0.481 e. The molecule has 1 aliphatic heterocycles. The van der Waals surface area contributed by atoms with Crippen LogP contribution in [0.5, 0.6) is 5.75 Å². The molecule has 0 aliphatic carbocycles. The van der Waals surface area contributed by atoms with E-state index in [9.17, 15) is 14.7 Å². The molecule has 6 nitrogen and oxygen atoms in total. The molecule has 0 radical (unpaired) electrons. The zero-order valence-electron chi connectivity index (χ0n) is 14.6. The maximum Gasteiger partial charge on any atom is 0.328 e. The van der Waals surface area contributed by atoms with Crippen LogP contribution in [0.15, 0.2) is 18.2 Å². The number of rotatable bonds is 5. The normalized spacial score (nSPS) is 19.2. The van der Waals surface area contributed by atoms with E-state index in [0.717, 1.165) is 11.1 Å². The lowest BCUT2D eigenvalue weighted by Gasteiger charge is -2.34. The molecule has 1 amide bonds. The van der Waals surface area contributed by atoms with E-state index in [1.54, 1.807) is 6.92 Å². The van der Waals surface area contributed by atoms with Crippen LogP contribution in [0.2, 0.25) is 0 Å². The first-order valence-electron chi connectivity index (χ1n) is 8.19. The predicted octanol–water partition coefficient (Wildman–Crippen LogP) is 2.20. The molecule has 2 atom stereocenters. The molecule has 132 valence electrons. The lowest BCUT2D eigenvalue weighted by atomic mass is 10.0. The summed E-state index contributed by atoms with van der Waals surface area (Å²) in [5, 5.41) is 9.26. The van der Waals surface area contributed by atoms with Crippen molar-refractivity contribution >= 4 is 11.9 Å². The fourth-order valence-corrected chi connectivity index (χ4v) is 2.65. The molecule has 0 spiro atoms. The quantitative estimate of drug-likeness (QED) is 0.893. The number of hydrogen-bond donors (Lipinski definition) is 1. The van der Waals surface area contributed by atoms with E-state index >= 15 is 0 Å². The lowest BCUT2D eigenvalue weighted by molar-refractivity contribution is -0.161.